The number of hydrogen-bond acceptors (Lipinski definition) is 3. The highest BCUT2D eigenvalue weighted by atomic mass is 16.5. The van der Waals surface area contributed by atoms with Gasteiger partial charge < -0.3 is 4.74 Å². The number of para-hydroxylation sites is 1. The molecule has 2 aromatic rings. The van der Waals surface area contributed by atoms with E-state index in [1.807, 2.05) is 24.3 Å². The average Bonchev–Trinajstić information content (AvgIpc) is 2.47. The highest BCUT2D eigenvalue weighted by Gasteiger charge is 2.25. The molecule has 0 aromatic heterocycles. The van der Waals surface area contributed by atoms with Crippen LogP contribution in [0.4, 0.5) is 0 Å². The summed E-state index contributed by atoms with van der Waals surface area (Å²) >= 11 is 0. The zero-order valence-corrected chi connectivity index (χ0v) is 11.4. The van der Waals surface area contributed by atoms with Crippen molar-refractivity contribution in [3.05, 3.63) is 65.2 Å². The van der Waals surface area contributed by atoms with Crippen molar-refractivity contribution >= 4 is 0 Å². The minimum Gasteiger partial charge on any atom is -0.483 e. The van der Waals surface area contributed by atoms with Crippen molar-refractivity contribution in [3.8, 4) is 11.8 Å². The van der Waals surface area contributed by atoms with Crippen LogP contribution in [0.3, 0.4) is 0 Å². The van der Waals surface area contributed by atoms with E-state index in [-0.39, 0.29) is 6.10 Å². The van der Waals surface area contributed by atoms with Crippen molar-refractivity contribution < 1.29 is 4.74 Å². The van der Waals surface area contributed by atoms with E-state index in [9.17, 15) is 0 Å². The highest BCUT2D eigenvalue weighted by molar-refractivity contribution is 5.43. The molecule has 100 valence electrons. The van der Waals surface area contributed by atoms with Gasteiger partial charge in [-0.15, -0.1) is 0 Å². The third-order valence-corrected chi connectivity index (χ3v) is 3.60. The number of fused-ring (bicyclic) bond motifs is 1. The molecule has 0 N–H and O–H groups in total. The summed E-state index contributed by atoms with van der Waals surface area (Å²) in [6.07, 6.45) is -0.0283. The normalized spacial score (nSPS) is 18.1. The van der Waals surface area contributed by atoms with E-state index in [0.29, 0.717) is 11.3 Å². The summed E-state index contributed by atoms with van der Waals surface area (Å²) in [4.78, 5) is 2.24. The van der Waals surface area contributed by atoms with Crippen molar-refractivity contribution in [2.75, 3.05) is 13.6 Å². The summed E-state index contributed by atoms with van der Waals surface area (Å²) < 4.78 is 6.11. The van der Waals surface area contributed by atoms with Crippen LogP contribution in [0.1, 0.15) is 22.8 Å². The van der Waals surface area contributed by atoms with Gasteiger partial charge >= 0.3 is 0 Å². The molecule has 1 atom stereocenters. The van der Waals surface area contributed by atoms with E-state index in [1.165, 1.54) is 11.1 Å². The molecule has 2 aromatic carbocycles. The second-order valence-corrected chi connectivity index (χ2v) is 5.11. The predicted molar refractivity (Wildman–Crippen MR) is 77.3 cm³/mol. The van der Waals surface area contributed by atoms with Gasteiger partial charge in [-0.05, 0) is 30.3 Å². The molecule has 0 fully saturated rings. The molecule has 0 aliphatic carbocycles. The Kier molecular flexibility index (Phi) is 3.41. The van der Waals surface area contributed by atoms with Gasteiger partial charge in [0.05, 0.1) is 5.56 Å². The van der Waals surface area contributed by atoms with Gasteiger partial charge in [-0.25, -0.2) is 0 Å². The molecule has 0 radical (unpaired) electrons. The summed E-state index contributed by atoms with van der Waals surface area (Å²) in [5.74, 6) is 0.658. The first kappa shape index (κ1) is 12.7. The average molecular weight is 264 g/mol. The lowest BCUT2D eigenvalue weighted by molar-refractivity contribution is 0.128. The zero-order chi connectivity index (χ0) is 13.9. The molecule has 0 bridgehead atoms. The molecule has 1 aliphatic rings. The van der Waals surface area contributed by atoms with Gasteiger partial charge in [0.25, 0.3) is 0 Å². The molecule has 3 heteroatoms. The Morgan fingerprint density at radius 1 is 1.15 bits per heavy atom. The van der Waals surface area contributed by atoms with Crippen LogP contribution in [0.5, 0.6) is 5.75 Å². The van der Waals surface area contributed by atoms with E-state index in [4.69, 9.17) is 10.00 Å². The maximum atomic E-state index is 9.15. The lowest BCUT2D eigenvalue weighted by Crippen LogP contribution is -2.33. The number of benzene rings is 2. The maximum absolute atomic E-state index is 9.15. The molecule has 3 nitrogen and oxygen atoms in total. The minimum absolute atomic E-state index is 0.0283. The first-order chi connectivity index (χ1) is 9.78. The van der Waals surface area contributed by atoms with Crippen LogP contribution < -0.4 is 4.74 Å². The number of nitriles is 1. The number of rotatable bonds is 2. The monoisotopic (exact) mass is 264 g/mol. The number of nitrogens with zero attached hydrogens (tertiary/aromatic N) is 2. The summed E-state index contributed by atoms with van der Waals surface area (Å²) in [7, 11) is 2.09. The molecular formula is C17H16N2O. The van der Waals surface area contributed by atoms with Gasteiger partial charge in [-0.1, -0.05) is 36.4 Å². The van der Waals surface area contributed by atoms with Gasteiger partial charge in [0, 0.05) is 13.1 Å². The fourth-order valence-corrected chi connectivity index (χ4v) is 2.64. The lowest BCUT2D eigenvalue weighted by Gasteiger charge is -2.32. The van der Waals surface area contributed by atoms with E-state index in [1.54, 1.807) is 6.07 Å². The molecule has 3 rings (SSSR count). The second kappa shape index (κ2) is 5.36. The Hall–Kier alpha value is -2.31. The van der Waals surface area contributed by atoms with Crippen LogP contribution in [0.15, 0.2) is 48.5 Å². The Bertz CT molecular complexity index is 660. The van der Waals surface area contributed by atoms with E-state index < -0.39 is 0 Å². The number of likely N-dealkylation sites (N-methyl/N-ethyl adjacent to an activating group) is 1. The van der Waals surface area contributed by atoms with Crippen LogP contribution in [0, 0.1) is 11.3 Å². The second-order valence-electron chi connectivity index (χ2n) is 5.11. The zero-order valence-electron chi connectivity index (χ0n) is 11.4. The standard InChI is InChI=1S/C17H16N2O/c1-19-11-14-7-2-4-8-15(14)17(12-19)20-16-9-5-3-6-13(16)10-18/h2-9,17H,11-12H2,1H3. The number of ether oxygens (including phenoxy) is 1. The van der Waals surface area contributed by atoms with Crippen molar-refractivity contribution in [1.29, 1.82) is 5.26 Å². The largest absolute Gasteiger partial charge is 0.483 e. The van der Waals surface area contributed by atoms with Crippen molar-refractivity contribution in [2.45, 2.75) is 12.6 Å². The first-order valence-electron chi connectivity index (χ1n) is 6.70. The molecule has 1 unspecified atom stereocenters. The highest BCUT2D eigenvalue weighted by Crippen LogP contribution is 2.31. The smallest absolute Gasteiger partial charge is 0.138 e. The van der Waals surface area contributed by atoms with Crippen LogP contribution in [-0.2, 0) is 6.54 Å². The van der Waals surface area contributed by atoms with Crippen LogP contribution in [0.25, 0.3) is 0 Å². The van der Waals surface area contributed by atoms with Crippen molar-refractivity contribution in [2.24, 2.45) is 0 Å². The molecule has 1 heterocycles. The Balaban J connectivity index is 1.93. The van der Waals surface area contributed by atoms with E-state index in [0.717, 1.165) is 13.1 Å². The molecule has 0 spiro atoms. The topological polar surface area (TPSA) is 36.3 Å². The molecule has 20 heavy (non-hydrogen) atoms. The minimum atomic E-state index is -0.0283. The fraction of sp³-hybridized carbons (Fsp3) is 0.235. The Morgan fingerprint density at radius 3 is 2.75 bits per heavy atom. The third kappa shape index (κ3) is 2.38. The van der Waals surface area contributed by atoms with Gasteiger partial charge in [0.15, 0.2) is 0 Å². The Labute approximate surface area is 119 Å². The molecule has 0 saturated carbocycles. The van der Waals surface area contributed by atoms with E-state index >= 15 is 0 Å². The summed E-state index contributed by atoms with van der Waals surface area (Å²) in [5.41, 5.74) is 3.09. The summed E-state index contributed by atoms with van der Waals surface area (Å²) in [5, 5.41) is 9.15. The lowest BCUT2D eigenvalue weighted by atomic mass is 9.97. The van der Waals surface area contributed by atoms with Gasteiger partial charge in [-0.2, -0.15) is 5.26 Å². The van der Waals surface area contributed by atoms with E-state index in [2.05, 4.69) is 36.2 Å². The molecule has 0 saturated heterocycles. The molecular weight excluding hydrogens is 248 g/mol. The van der Waals surface area contributed by atoms with Crippen LogP contribution in [0.2, 0.25) is 0 Å². The fourth-order valence-electron chi connectivity index (χ4n) is 2.64. The summed E-state index contributed by atoms with van der Waals surface area (Å²) in [6.45, 7) is 1.77. The SMILES string of the molecule is CN1Cc2ccccc2C(Oc2ccccc2C#N)C1. The molecule has 1 aliphatic heterocycles. The van der Waals surface area contributed by atoms with Crippen molar-refractivity contribution in [1.82, 2.24) is 4.90 Å². The van der Waals surface area contributed by atoms with Gasteiger partial charge in [-0.3, -0.25) is 4.90 Å². The predicted octanol–water partition coefficient (Wildman–Crippen LogP) is 3.12. The number of hydrogen-bond donors (Lipinski definition) is 0. The van der Waals surface area contributed by atoms with Gasteiger partial charge in [0.2, 0.25) is 0 Å². The third-order valence-electron chi connectivity index (χ3n) is 3.60. The first-order valence-corrected chi connectivity index (χ1v) is 6.70. The van der Waals surface area contributed by atoms with Crippen LogP contribution in [-0.4, -0.2) is 18.5 Å². The summed E-state index contributed by atoms with van der Waals surface area (Å²) in [6, 6.07) is 17.9. The van der Waals surface area contributed by atoms with Crippen molar-refractivity contribution in [3.63, 3.8) is 0 Å². The maximum Gasteiger partial charge on any atom is 0.138 e. The van der Waals surface area contributed by atoms with Crippen LogP contribution >= 0.6 is 0 Å². The quantitative estimate of drug-likeness (QED) is 0.836. The van der Waals surface area contributed by atoms with Gasteiger partial charge in [0.1, 0.15) is 17.9 Å². The molecule has 0 amide bonds. The Morgan fingerprint density at radius 2 is 1.90 bits per heavy atom.